The van der Waals surface area contributed by atoms with Crippen molar-refractivity contribution in [2.45, 2.75) is 13.3 Å². The smallest absolute Gasteiger partial charge is 0.162 e. The Kier molecular flexibility index (Phi) is 3.68. The van der Waals surface area contributed by atoms with Gasteiger partial charge in [0.25, 0.3) is 0 Å². The molecule has 0 saturated carbocycles. The number of fused-ring (bicyclic) bond motifs is 1. The Balaban J connectivity index is 2.04. The van der Waals surface area contributed by atoms with Gasteiger partial charge in [-0.15, -0.1) is 0 Å². The minimum Gasteiger partial charge on any atom is -0.490 e. The van der Waals surface area contributed by atoms with E-state index in [1.54, 1.807) is 6.92 Å². The van der Waals surface area contributed by atoms with Crippen LogP contribution >= 0.6 is 23.2 Å². The molecule has 1 aromatic heterocycles. The normalized spacial score (nSPS) is 13.9. The van der Waals surface area contributed by atoms with Crippen molar-refractivity contribution in [1.82, 2.24) is 9.97 Å². The number of hydrogen-bond acceptors (Lipinski definition) is 4. The molecule has 2 heterocycles. The van der Waals surface area contributed by atoms with E-state index in [-0.39, 0.29) is 0 Å². The minimum atomic E-state index is 0.354. The molecule has 1 aromatic carbocycles. The zero-order valence-corrected chi connectivity index (χ0v) is 12.3. The van der Waals surface area contributed by atoms with Crippen molar-refractivity contribution in [3.63, 3.8) is 0 Å². The van der Waals surface area contributed by atoms with Crippen molar-refractivity contribution in [2.24, 2.45) is 0 Å². The predicted octanol–water partition coefficient (Wildman–Crippen LogP) is 3.92. The van der Waals surface area contributed by atoms with Crippen LogP contribution in [0.15, 0.2) is 18.2 Å². The molecule has 0 spiro atoms. The summed E-state index contributed by atoms with van der Waals surface area (Å²) >= 11 is 12.1. The highest BCUT2D eigenvalue weighted by molar-refractivity contribution is 6.34. The van der Waals surface area contributed by atoms with Crippen LogP contribution in [0.1, 0.15) is 12.0 Å². The largest absolute Gasteiger partial charge is 0.490 e. The third-order valence-corrected chi connectivity index (χ3v) is 3.77. The van der Waals surface area contributed by atoms with Crippen molar-refractivity contribution >= 4 is 23.2 Å². The average molecular weight is 311 g/mol. The summed E-state index contributed by atoms with van der Waals surface area (Å²) in [6.07, 6.45) is 0.864. The molecule has 0 amide bonds. The Hall–Kier alpha value is -1.52. The van der Waals surface area contributed by atoms with Crippen molar-refractivity contribution in [3.05, 3.63) is 34.1 Å². The van der Waals surface area contributed by atoms with Gasteiger partial charge < -0.3 is 9.47 Å². The van der Waals surface area contributed by atoms with E-state index in [2.05, 4.69) is 9.97 Å². The second-order valence-electron chi connectivity index (χ2n) is 4.47. The van der Waals surface area contributed by atoms with E-state index in [9.17, 15) is 0 Å². The highest BCUT2D eigenvalue weighted by Crippen LogP contribution is 2.34. The van der Waals surface area contributed by atoms with E-state index in [0.29, 0.717) is 40.7 Å². The van der Waals surface area contributed by atoms with Crippen LogP contribution in [0, 0.1) is 6.92 Å². The molecular weight excluding hydrogens is 299 g/mol. The first-order chi connectivity index (χ1) is 9.65. The highest BCUT2D eigenvalue weighted by atomic mass is 35.5. The van der Waals surface area contributed by atoms with Gasteiger partial charge in [-0.2, -0.15) is 0 Å². The molecule has 0 saturated heterocycles. The predicted molar refractivity (Wildman–Crippen MR) is 77.8 cm³/mol. The van der Waals surface area contributed by atoms with Crippen LogP contribution < -0.4 is 9.47 Å². The average Bonchev–Trinajstić information content (AvgIpc) is 2.68. The summed E-state index contributed by atoms with van der Waals surface area (Å²) in [6, 6.07) is 5.56. The number of aromatic nitrogens is 2. The van der Waals surface area contributed by atoms with Crippen LogP contribution in [0.25, 0.3) is 11.4 Å². The van der Waals surface area contributed by atoms with Gasteiger partial charge in [0.2, 0.25) is 0 Å². The van der Waals surface area contributed by atoms with E-state index >= 15 is 0 Å². The van der Waals surface area contributed by atoms with Gasteiger partial charge in [0.15, 0.2) is 17.3 Å². The highest BCUT2D eigenvalue weighted by Gasteiger charge is 2.14. The molecule has 2 aromatic rings. The monoisotopic (exact) mass is 310 g/mol. The van der Waals surface area contributed by atoms with Crippen LogP contribution in [-0.4, -0.2) is 23.2 Å². The summed E-state index contributed by atoms with van der Waals surface area (Å²) in [7, 11) is 0. The van der Waals surface area contributed by atoms with Crippen molar-refractivity contribution in [1.29, 1.82) is 0 Å². The standard InChI is InChI=1S/C14H12Cl2N2O2/c1-8-12(15)17-14(18-13(8)16)9-3-4-10-11(7-9)20-6-2-5-19-10/h3-4,7H,2,5-6H2,1H3. The van der Waals surface area contributed by atoms with Gasteiger partial charge in [-0.1, -0.05) is 23.2 Å². The molecule has 3 rings (SSSR count). The Morgan fingerprint density at radius 3 is 2.35 bits per heavy atom. The maximum atomic E-state index is 6.05. The fourth-order valence-electron chi connectivity index (χ4n) is 1.90. The zero-order chi connectivity index (χ0) is 14.1. The summed E-state index contributed by atoms with van der Waals surface area (Å²) in [5.74, 6) is 1.90. The molecule has 0 fully saturated rings. The molecule has 0 radical (unpaired) electrons. The summed E-state index contributed by atoms with van der Waals surface area (Å²) in [6.45, 7) is 3.07. The summed E-state index contributed by atoms with van der Waals surface area (Å²) in [4.78, 5) is 8.50. The molecule has 20 heavy (non-hydrogen) atoms. The van der Waals surface area contributed by atoms with Crippen molar-refractivity contribution in [2.75, 3.05) is 13.2 Å². The second kappa shape index (κ2) is 5.46. The minimum absolute atomic E-state index is 0.354. The van der Waals surface area contributed by atoms with E-state index in [1.165, 1.54) is 0 Å². The first kappa shape index (κ1) is 13.5. The molecule has 104 valence electrons. The Bertz CT molecular complexity index is 639. The molecule has 4 nitrogen and oxygen atoms in total. The van der Waals surface area contributed by atoms with Gasteiger partial charge in [-0.3, -0.25) is 0 Å². The topological polar surface area (TPSA) is 44.2 Å². The first-order valence-electron chi connectivity index (χ1n) is 6.25. The fourth-order valence-corrected chi connectivity index (χ4v) is 2.28. The zero-order valence-electron chi connectivity index (χ0n) is 10.8. The summed E-state index contributed by atoms with van der Waals surface area (Å²) in [5, 5.41) is 0.708. The number of ether oxygens (including phenoxy) is 2. The van der Waals surface area contributed by atoms with E-state index < -0.39 is 0 Å². The SMILES string of the molecule is Cc1c(Cl)nc(-c2ccc3c(c2)OCCCO3)nc1Cl. The molecule has 0 N–H and O–H groups in total. The lowest BCUT2D eigenvalue weighted by molar-refractivity contribution is 0.297. The molecule has 1 aliphatic rings. The molecule has 0 bridgehead atoms. The molecule has 1 aliphatic heterocycles. The third-order valence-electron chi connectivity index (χ3n) is 3.03. The van der Waals surface area contributed by atoms with Crippen LogP contribution in [0.5, 0.6) is 11.5 Å². The van der Waals surface area contributed by atoms with Gasteiger partial charge in [0, 0.05) is 17.5 Å². The van der Waals surface area contributed by atoms with E-state index in [0.717, 1.165) is 17.7 Å². The molecule has 0 aliphatic carbocycles. The number of nitrogens with zero attached hydrogens (tertiary/aromatic N) is 2. The maximum Gasteiger partial charge on any atom is 0.162 e. The van der Waals surface area contributed by atoms with Gasteiger partial charge in [0.05, 0.1) is 13.2 Å². The van der Waals surface area contributed by atoms with Gasteiger partial charge in [-0.25, -0.2) is 9.97 Å². The summed E-state index contributed by atoms with van der Waals surface area (Å²) in [5.41, 5.74) is 1.46. The molecule has 0 unspecified atom stereocenters. The first-order valence-corrected chi connectivity index (χ1v) is 7.00. The van der Waals surface area contributed by atoms with Crippen molar-refractivity contribution < 1.29 is 9.47 Å². The van der Waals surface area contributed by atoms with E-state index in [1.807, 2.05) is 18.2 Å². The Morgan fingerprint density at radius 1 is 1.00 bits per heavy atom. The second-order valence-corrected chi connectivity index (χ2v) is 5.18. The van der Waals surface area contributed by atoms with Crippen LogP contribution in [-0.2, 0) is 0 Å². The lowest BCUT2D eigenvalue weighted by Gasteiger charge is -2.09. The third kappa shape index (κ3) is 2.53. The molecule has 6 heteroatoms. The lowest BCUT2D eigenvalue weighted by Crippen LogP contribution is -1.97. The van der Waals surface area contributed by atoms with Gasteiger partial charge in [-0.05, 0) is 25.1 Å². The van der Waals surface area contributed by atoms with Crippen LogP contribution in [0.4, 0.5) is 0 Å². The number of hydrogen-bond donors (Lipinski definition) is 0. The number of halogens is 2. The number of rotatable bonds is 1. The van der Waals surface area contributed by atoms with Gasteiger partial charge in [0.1, 0.15) is 10.3 Å². The quantitative estimate of drug-likeness (QED) is 0.749. The molecule has 0 atom stereocenters. The van der Waals surface area contributed by atoms with Gasteiger partial charge >= 0.3 is 0 Å². The van der Waals surface area contributed by atoms with Crippen molar-refractivity contribution in [3.8, 4) is 22.9 Å². The Morgan fingerprint density at radius 2 is 1.65 bits per heavy atom. The maximum absolute atomic E-state index is 6.05. The lowest BCUT2D eigenvalue weighted by atomic mass is 10.2. The Labute approximate surface area is 126 Å². The summed E-state index contributed by atoms with van der Waals surface area (Å²) < 4.78 is 11.2. The van der Waals surface area contributed by atoms with E-state index in [4.69, 9.17) is 32.7 Å². The fraction of sp³-hybridized carbons (Fsp3) is 0.286. The van der Waals surface area contributed by atoms with Crippen LogP contribution in [0.2, 0.25) is 10.3 Å². The molecular formula is C14H12Cl2N2O2. The van der Waals surface area contributed by atoms with Crippen LogP contribution in [0.3, 0.4) is 0 Å². The number of benzene rings is 1.